The normalized spacial score (nSPS) is 10.1. The molecule has 0 saturated carbocycles. The first-order chi connectivity index (χ1) is 9.50. The minimum atomic E-state index is -0.476. The van der Waals surface area contributed by atoms with Crippen LogP contribution in [0.15, 0.2) is 42.5 Å². The fourth-order valence-electron chi connectivity index (χ4n) is 1.98. The number of para-hydroxylation sites is 3. The highest BCUT2D eigenvalue weighted by atomic mass is 16.6. The summed E-state index contributed by atoms with van der Waals surface area (Å²) in [5.41, 5.74) is 7.81. The maximum atomic E-state index is 11.1. The molecule has 0 heterocycles. The summed E-state index contributed by atoms with van der Waals surface area (Å²) < 4.78 is 0. The summed E-state index contributed by atoms with van der Waals surface area (Å²) in [6.07, 6.45) is 0. The molecular formula is C14H16N4O2. The molecule has 2 rings (SSSR count). The number of nitrogen functional groups attached to an aromatic ring is 1. The van der Waals surface area contributed by atoms with E-state index in [2.05, 4.69) is 5.32 Å². The van der Waals surface area contributed by atoms with Crippen molar-refractivity contribution in [2.75, 3.05) is 30.0 Å². The molecule has 0 aliphatic carbocycles. The second kappa shape index (κ2) is 5.48. The molecule has 104 valence electrons. The molecule has 0 aliphatic rings. The van der Waals surface area contributed by atoms with Gasteiger partial charge in [-0.3, -0.25) is 10.1 Å². The van der Waals surface area contributed by atoms with Gasteiger partial charge in [-0.05, 0) is 24.3 Å². The summed E-state index contributed by atoms with van der Waals surface area (Å²) in [7, 11) is 3.82. The smallest absolute Gasteiger partial charge is 0.315 e. The van der Waals surface area contributed by atoms with Crippen LogP contribution in [0.2, 0.25) is 0 Å². The van der Waals surface area contributed by atoms with Crippen molar-refractivity contribution in [3.63, 3.8) is 0 Å². The molecule has 0 unspecified atom stereocenters. The molecule has 20 heavy (non-hydrogen) atoms. The lowest BCUT2D eigenvalue weighted by molar-refractivity contribution is -0.383. The topological polar surface area (TPSA) is 84.4 Å². The van der Waals surface area contributed by atoms with Gasteiger partial charge in [0.15, 0.2) is 0 Å². The summed E-state index contributed by atoms with van der Waals surface area (Å²) in [5.74, 6) is 0. The zero-order chi connectivity index (χ0) is 14.7. The minimum absolute atomic E-state index is 0.110. The molecular weight excluding hydrogens is 256 g/mol. The van der Waals surface area contributed by atoms with E-state index in [1.807, 2.05) is 43.3 Å². The molecule has 0 aromatic heterocycles. The Kier molecular flexibility index (Phi) is 3.74. The third kappa shape index (κ3) is 2.64. The molecule has 0 amide bonds. The van der Waals surface area contributed by atoms with Crippen LogP contribution in [0.4, 0.5) is 28.4 Å². The number of nitrogens with one attached hydrogen (secondary N) is 1. The Hall–Kier alpha value is -2.76. The summed E-state index contributed by atoms with van der Waals surface area (Å²) in [4.78, 5) is 12.6. The standard InChI is InChI=1S/C14H16N4O2/c1-17(2)13-9-4-3-7-11(13)16-12-8-5-6-10(15)14(12)18(19)20/h3-9,16H,15H2,1-2H3. The van der Waals surface area contributed by atoms with E-state index in [1.54, 1.807) is 12.1 Å². The number of nitrogens with two attached hydrogens (primary N) is 1. The Morgan fingerprint density at radius 1 is 1.10 bits per heavy atom. The number of rotatable bonds is 4. The average Bonchev–Trinajstić information content (AvgIpc) is 2.38. The lowest BCUT2D eigenvalue weighted by Gasteiger charge is -2.18. The highest BCUT2D eigenvalue weighted by molar-refractivity contribution is 5.82. The fourth-order valence-corrected chi connectivity index (χ4v) is 1.98. The SMILES string of the molecule is CN(C)c1ccccc1Nc1cccc(N)c1[N+](=O)[O-]. The molecule has 0 atom stereocenters. The molecule has 6 heteroatoms. The maximum absolute atomic E-state index is 11.1. The van der Waals surface area contributed by atoms with E-state index in [-0.39, 0.29) is 11.4 Å². The van der Waals surface area contributed by atoms with Gasteiger partial charge in [0.1, 0.15) is 11.4 Å². The lowest BCUT2D eigenvalue weighted by atomic mass is 10.2. The number of anilines is 4. The van der Waals surface area contributed by atoms with Crippen LogP contribution in [0.3, 0.4) is 0 Å². The average molecular weight is 272 g/mol. The molecule has 2 aromatic rings. The van der Waals surface area contributed by atoms with Crippen molar-refractivity contribution in [2.24, 2.45) is 0 Å². The molecule has 0 spiro atoms. The Morgan fingerprint density at radius 3 is 2.40 bits per heavy atom. The summed E-state index contributed by atoms with van der Waals surface area (Å²) in [6.45, 7) is 0. The fraction of sp³-hybridized carbons (Fsp3) is 0.143. The van der Waals surface area contributed by atoms with E-state index in [0.29, 0.717) is 5.69 Å². The molecule has 3 N–H and O–H groups in total. The van der Waals surface area contributed by atoms with Crippen molar-refractivity contribution >= 4 is 28.4 Å². The van der Waals surface area contributed by atoms with Crippen molar-refractivity contribution in [2.45, 2.75) is 0 Å². The van der Waals surface area contributed by atoms with Crippen molar-refractivity contribution in [3.8, 4) is 0 Å². The molecule has 0 aliphatic heterocycles. The van der Waals surface area contributed by atoms with Crippen LogP contribution < -0.4 is 16.0 Å². The number of hydrogen-bond donors (Lipinski definition) is 2. The van der Waals surface area contributed by atoms with Crippen LogP contribution in [0.5, 0.6) is 0 Å². The largest absolute Gasteiger partial charge is 0.393 e. The molecule has 0 saturated heterocycles. The Labute approximate surface area is 117 Å². The van der Waals surface area contributed by atoms with Gasteiger partial charge in [0.05, 0.1) is 16.3 Å². The summed E-state index contributed by atoms with van der Waals surface area (Å²) in [6, 6.07) is 12.4. The van der Waals surface area contributed by atoms with Crippen molar-refractivity contribution in [1.82, 2.24) is 0 Å². The van der Waals surface area contributed by atoms with Crippen molar-refractivity contribution in [1.29, 1.82) is 0 Å². The molecule has 6 nitrogen and oxygen atoms in total. The number of nitro groups is 1. The monoisotopic (exact) mass is 272 g/mol. The highest BCUT2D eigenvalue weighted by Gasteiger charge is 2.18. The van der Waals surface area contributed by atoms with Crippen LogP contribution in [-0.2, 0) is 0 Å². The van der Waals surface area contributed by atoms with Gasteiger partial charge in [0.2, 0.25) is 0 Å². The van der Waals surface area contributed by atoms with Gasteiger partial charge in [-0.2, -0.15) is 0 Å². The van der Waals surface area contributed by atoms with Crippen molar-refractivity contribution < 1.29 is 4.92 Å². The van der Waals surface area contributed by atoms with Crippen LogP contribution in [0.1, 0.15) is 0 Å². The lowest BCUT2D eigenvalue weighted by Crippen LogP contribution is -2.11. The first-order valence-electron chi connectivity index (χ1n) is 6.07. The van der Waals surface area contributed by atoms with Gasteiger partial charge in [0.25, 0.3) is 0 Å². The number of nitro benzene ring substituents is 1. The molecule has 0 radical (unpaired) electrons. The highest BCUT2D eigenvalue weighted by Crippen LogP contribution is 2.35. The molecule has 0 bridgehead atoms. The predicted octanol–water partition coefficient (Wildman–Crippen LogP) is 2.99. The van der Waals surface area contributed by atoms with E-state index < -0.39 is 4.92 Å². The number of hydrogen-bond acceptors (Lipinski definition) is 5. The summed E-state index contributed by atoms with van der Waals surface area (Å²) >= 11 is 0. The van der Waals surface area contributed by atoms with Gasteiger partial charge in [-0.15, -0.1) is 0 Å². The van der Waals surface area contributed by atoms with Crippen molar-refractivity contribution in [3.05, 3.63) is 52.6 Å². The maximum Gasteiger partial charge on any atom is 0.315 e. The first-order valence-corrected chi connectivity index (χ1v) is 6.07. The number of nitrogens with zero attached hydrogens (tertiary/aromatic N) is 2. The Morgan fingerprint density at radius 2 is 1.75 bits per heavy atom. The Bertz CT molecular complexity index is 641. The summed E-state index contributed by atoms with van der Waals surface area (Å²) in [5, 5.41) is 14.2. The third-order valence-electron chi connectivity index (χ3n) is 2.91. The van der Waals surface area contributed by atoms with E-state index >= 15 is 0 Å². The zero-order valence-corrected chi connectivity index (χ0v) is 11.3. The molecule has 0 fully saturated rings. The predicted molar refractivity (Wildman–Crippen MR) is 81.6 cm³/mol. The van der Waals surface area contributed by atoms with E-state index in [9.17, 15) is 10.1 Å². The van der Waals surface area contributed by atoms with Crippen LogP contribution in [0.25, 0.3) is 0 Å². The van der Waals surface area contributed by atoms with E-state index in [0.717, 1.165) is 11.4 Å². The zero-order valence-electron chi connectivity index (χ0n) is 11.3. The number of benzene rings is 2. The second-order valence-electron chi connectivity index (χ2n) is 4.54. The van der Waals surface area contributed by atoms with Crippen LogP contribution >= 0.6 is 0 Å². The minimum Gasteiger partial charge on any atom is -0.393 e. The molecule has 2 aromatic carbocycles. The van der Waals surface area contributed by atoms with Gasteiger partial charge < -0.3 is 16.0 Å². The Balaban J connectivity index is 2.46. The van der Waals surface area contributed by atoms with Gasteiger partial charge in [0, 0.05) is 14.1 Å². The van der Waals surface area contributed by atoms with Crippen LogP contribution in [0, 0.1) is 10.1 Å². The van der Waals surface area contributed by atoms with Gasteiger partial charge >= 0.3 is 5.69 Å². The van der Waals surface area contributed by atoms with Gasteiger partial charge in [-0.25, -0.2) is 0 Å². The van der Waals surface area contributed by atoms with Gasteiger partial charge in [-0.1, -0.05) is 18.2 Å². The second-order valence-corrected chi connectivity index (χ2v) is 4.54. The van der Waals surface area contributed by atoms with Crippen LogP contribution in [-0.4, -0.2) is 19.0 Å². The van der Waals surface area contributed by atoms with E-state index in [4.69, 9.17) is 5.73 Å². The van der Waals surface area contributed by atoms with E-state index in [1.165, 1.54) is 6.07 Å². The third-order valence-corrected chi connectivity index (χ3v) is 2.91. The quantitative estimate of drug-likeness (QED) is 0.508. The first kappa shape index (κ1) is 13.7.